The van der Waals surface area contributed by atoms with E-state index in [-0.39, 0.29) is 12.0 Å². The lowest BCUT2D eigenvalue weighted by Gasteiger charge is -2.52. The van der Waals surface area contributed by atoms with Gasteiger partial charge in [0.15, 0.2) is 0 Å². The topological polar surface area (TPSA) is 25.2 Å². The second kappa shape index (κ2) is 7.31. The van der Waals surface area contributed by atoms with Crippen molar-refractivity contribution >= 4 is 17.2 Å². The zero-order valence-electron chi connectivity index (χ0n) is 17.0. The molecule has 2 aromatic carbocycles. The maximum Gasteiger partial charge on any atom is 0.124 e. The van der Waals surface area contributed by atoms with Crippen molar-refractivity contribution in [3.05, 3.63) is 84.1 Å². The van der Waals surface area contributed by atoms with E-state index in [0.29, 0.717) is 12.0 Å². The first kappa shape index (κ1) is 18.4. The fourth-order valence-corrected chi connectivity index (χ4v) is 5.90. The largest absolute Gasteiger partial charge is 0.346 e. The average molecular weight is 385 g/mol. The van der Waals surface area contributed by atoms with Crippen molar-refractivity contribution in [1.29, 1.82) is 0 Å². The van der Waals surface area contributed by atoms with E-state index in [0.717, 1.165) is 25.8 Å². The lowest BCUT2D eigenvalue weighted by molar-refractivity contribution is -0.120. The number of carbonyl (C=O) groups excluding carboxylic acids is 1. The van der Waals surface area contributed by atoms with Crippen LogP contribution in [0.25, 0.3) is 10.9 Å². The molecular weight excluding hydrogens is 356 g/mol. The van der Waals surface area contributed by atoms with Gasteiger partial charge in [0, 0.05) is 42.1 Å². The Hall–Kier alpha value is -2.65. The smallest absolute Gasteiger partial charge is 0.124 e. The van der Waals surface area contributed by atoms with Gasteiger partial charge in [-0.1, -0.05) is 54.6 Å². The molecule has 2 aliphatic heterocycles. The zero-order chi connectivity index (χ0) is 20.0. The third kappa shape index (κ3) is 2.87. The molecule has 1 unspecified atom stereocenters. The van der Waals surface area contributed by atoms with Crippen LogP contribution < -0.4 is 0 Å². The van der Waals surface area contributed by atoms with Gasteiger partial charge in [0.25, 0.3) is 0 Å². The molecule has 2 aliphatic rings. The first-order chi connectivity index (χ1) is 14.2. The Morgan fingerprint density at radius 2 is 1.86 bits per heavy atom. The van der Waals surface area contributed by atoms with Crippen LogP contribution in [0.15, 0.2) is 67.3 Å². The van der Waals surface area contributed by atoms with Gasteiger partial charge in [-0.25, -0.2) is 0 Å². The number of rotatable bonds is 5. The fraction of sp³-hybridized carbons (Fsp3) is 0.346. The Morgan fingerprint density at radius 1 is 1.10 bits per heavy atom. The highest BCUT2D eigenvalue weighted by atomic mass is 16.1. The molecule has 1 saturated heterocycles. The lowest BCUT2D eigenvalue weighted by Crippen LogP contribution is -2.54. The normalized spacial score (nSPS) is 26.2. The van der Waals surface area contributed by atoms with Gasteiger partial charge in [0.1, 0.15) is 6.29 Å². The molecule has 3 nitrogen and oxygen atoms in total. The highest BCUT2D eigenvalue weighted by molar-refractivity contribution is 5.86. The third-order valence-corrected chi connectivity index (χ3v) is 7.17. The number of aldehydes is 1. The van der Waals surface area contributed by atoms with Gasteiger partial charge >= 0.3 is 0 Å². The van der Waals surface area contributed by atoms with Gasteiger partial charge in [-0.05, 0) is 42.4 Å². The van der Waals surface area contributed by atoms with Crippen molar-refractivity contribution in [2.75, 3.05) is 0 Å². The molecule has 0 aliphatic carbocycles. The number of aromatic nitrogens is 1. The van der Waals surface area contributed by atoms with E-state index in [1.807, 2.05) is 6.08 Å². The number of fused-ring (bicyclic) bond motifs is 6. The van der Waals surface area contributed by atoms with E-state index in [9.17, 15) is 4.79 Å². The van der Waals surface area contributed by atoms with Crippen LogP contribution in [0, 0.1) is 11.8 Å². The van der Waals surface area contributed by atoms with Crippen LogP contribution in [-0.4, -0.2) is 21.8 Å². The Balaban J connectivity index is 1.65. The maximum absolute atomic E-state index is 12.3. The van der Waals surface area contributed by atoms with Gasteiger partial charge in [0.2, 0.25) is 0 Å². The van der Waals surface area contributed by atoms with Crippen molar-refractivity contribution in [3.8, 4) is 0 Å². The molecule has 5 rings (SSSR count). The molecule has 3 heteroatoms. The summed E-state index contributed by atoms with van der Waals surface area (Å²) in [4.78, 5) is 14.9. The van der Waals surface area contributed by atoms with E-state index in [1.54, 1.807) is 0 Å². The molecule has 1 aromatic heterocycles. The summed E-state index contributed by atoms with van der Waals surface area (Å²) in [5.41, 5.74) is 5.51. The van der Waals surface area contributed by atoms with Gasteiger partial charge in [-0.2, -0.15) is 0 Å². The quantitative estimate of drug-likeness (QED) is 0.454. The van der Waals surface area contributed by atoms with Crippen molar-refractivity contribution in [2.45, 2.75) is 37.9 Å². The van der Waals surface area contributed by atoms with Crippen LogP contribution in [-0.2, 0) is 24.8 Å². The Kier molecular flexibility index (Phi) is 4.63. The summed E-state index contributed by atoms with van der Waals surface area (Å²) in [6.07, 6.45) is 6.08. The lowest BCUT2D eigenvalue weighted by atomic mass is 9.69. The second-order valence-electron chi connectivity index (χ2n) is 8.62. The number of hydrogen-bond acceptors (Lipinski definition) is 2. The minimum Gasteiger partial charge on any atom is -0.346 e. The van der Waals surface area contributed by atoms with E-state index >= 15 is 0 Å². The van der Waals surface area contributed by atoms with Gasteiger partial charge < -0.3 is 9.36 Å². The Bertz CT molecular complexity index is 1050. The third-order valence-electron chi connectivity index (χ3n) is 7.17. The minimum atomic E-state index is 0.0556. The molecule has 4 atom stereocenters. The molecular formula is C26H28N2O. The monoisotopic (exact) mass is 384 g/mol. The van der Waals surface area contributed by atoms with Crippen molar-refractivity contribution < 1.29 is 4.79 Å². The van der Waals surface area contributed by atoms with Gasteiger partial charge in [-0.3, -0.25) is 4.90 Å². The SMILES string of the molecule is C=CC[C@H]1C[C@H]2c3c(c4ccccc4n3C)C[C@@H](C1C=O)N2Cc1ccccc1. The highest BCUT2D eigenvalue weighted by Crippen LogP contribution is 2.50. The predicted molar refractivity (Wildman–Crippen MR) is 118 cm³/mol. The number of allylic oxidation sites excluding steroid dienone is 1. The molecule has 3 heterocycles. The molecule has 29 heavy (non-hydrogen) atoms. The van der Waals surface area contributed by atoms with Crippen LogP contribution in [0.2, 0.25) is 0 Å². The molecule has 148 valence electrons. The minimum absolute atomic E-state index is 0.0556. The number of benzene rings is 2. The molecule has 0 N–H and O–H groups in total. The van der Waals surface area contributed by atoms with Gasteiger partial charge in [-0.15, -0.1) is 6.58 Å². The Labute approximate surface area is 172 Å². The van der Waals surface area contributed by atoms with E-state index in [4.69, 9.17) is 0 Å². The summed E-state index contributed by atoms with van der Waals surface area (Å²) in [5, 5.41) is 1.35. The summed E-state index contributed by atoms with van der Waals surface area (Å²) >= 11 is 0. The number of piperidine rings is 1. The summed E-state index contributed by atoms with van der Waals surface area (Å²) < 4.78 is 2.40. The number of hydrogen-bond donors (Lipinski definition) is 0. The van der Waals surface area contributed by atoms with Crippen LogP contribution in [0.4, 0.5) is 0 Å². The molecule has 0 radical (unpaired) electrons. The summed E-state index contributed by atoms with van der Waals surface area (Å²) in [6.45, 7) is 4.86. The highest BCUT2D eigenvalue weighted by Gasteiger charge is 2.48. The van der Waals surface area contributed by atoms with Crippen molar-refractivity contribution in [2.24, 2.45) is 18.9 Å². The average Bonchev–Trinajstić information content (AvgIpc) is 3.02. The van der Waals surface area contributed by atoms with E-state index in [1.165, 1.54) is 34.0 Å². The number of aryl methyl sites for hydroxylation is 1. The number of carbonyl (C=O) groups is 1. The van der Waals surface area contributed by atoms with Gasteiger partial charge in [0.05, 0.1) is 6.04 Å². The summed E-state index contributed by atoms with van der Waals surface area (Å²) in [7, 11) is 2.20. The molecule has 3 aromatic rings. The second-order valence-corrected chi connectivity index (χ2v) is 8.62. The van der Waals surface area contributed by atoms with Crippen LogP contribution in [0.3, 0.4) is 0 Å². The van der Waals surface area contributed by atoms with E-state index in [2.05, 4.69) is 77.7 Å². The zero-order valence-corrected chi connectivity index (χ0v) is 17.0. The predicted octanol–water partition coefficient (Wildman–Crippen LogP) is 5.06. The van der Waals surface area contributed by atoms with Crippen molar-refractivity contribution in [1.82, 2.24) is 9.47 Å². The Morgan fingerprint density at radius 3 is 2.62 bits per heavy atom. The number of para-hydroxylation sites is 1. The maximum atomic E-state index is 12.3. The summed E-state index contributed by atoms with van der Waals surface area (Å²) in [6, 6.07) is 20.0. The molecule has 1 fully saturated rings. The molecule has 0 saturated carbocycles. The fourth-order valence-electron chi connectivity index (χ4n) is 5.90. The van der Waals surface area contributed by atoms with Crippen LogP contribution in [0.5, 0.6) is 0 Å². The first-order valence-corrected chi connectivity index (χ1v) is 10.6. The number of nitrogens with zero attached hydrogens (tertiary/aromatic N) is 2. The molecule has 2 bridgehead atoms. The first-order valence-electron chi connectivity index (χ1n) is 10.6. The molecule has 0 spiro atoms. The summed E-state index contributed by atoms with van der Waals surface area (Å²) in [5.74, 6) is 0.429. The standard InChI is InChI=1S/C26H28N2O/c1-3-9-19-14-25-26-21(20-12-7-8-13-23(20)27(26)2)15-24(22(19)17-29)28(25)16-18-10-5-4-6-11-18/h3-8,10-13,17,19,22,24-25H,1,9,14-16H2,2H3/t19-,22?,24-,25-/m0/s1. The van der Waals surface area contributed by atoms with Crippen LogP contribution in [0.1, 0.15) is 35.7 Å². The van der Waals surface area contributed by atoms with Crippen molar-refractivity contribution in [3.63, 3.8) is 0 Å². The van der Waals surface area contributed by atoms with Crippen LogP contribution >= 0.6 is 0 Å². The molecule has 0 amide bonds. The van der Waals surface area contributed by atoms with E-state index < -0.39 is 0 Å².